The summed E-state index contributed by atoms with van der Waals surface area (Å²) in [5, 5.41) is 12.9. The molecule has 2 aromatic rings. The van der Waals surface area contributed by atoms with Crippen molar-refractivity contribution in [1.29, 1.82) is 0 Å². The number of amides is 1. The monoisotopic (exact) mass is 365 g/mol. The van der Waals surface area contributed by atoms with E-state index in [2.05, 4.69) is 5.32 Å². The third kappa shape index (κ3) is 5.75. The molecule has 2 N–H and O–H groups in total. The molecular formula is C17H19NO6S. The number of rotatable bonds is 8. The van der Waals surface area contributed by atoms with Gasteiger partial charge in [-0.1, -0.05) is 24.3 Å². The Balaban J connectivity index is 2.15. The summed E-state index contributed by atoms with van der Waals surface area (Å²) in [6.45, 7) is -0.457. The van der Waals surface area contributed by atoms with Gasteiger partial charge in [-0.3, -0.25) is 4.79 Å². The van der Waals surface area contributed by atoms with Gasteiger partial charge in [0.15, 0.2) is 6.61 Å². The van der Waals surface area contributed by atoms with Crippen LogP contribution in [0.5, 0.6) is 5.75 Å². The lowest BCUT2D eigenvalue weighted by Gasteiger charge is -2.12. The summed E-state index contributed by atoms with van der Waals surface area (Å²) in [6.07, 6.45) is 1.48. The van der Waals surface area contributed by atoms with E-state index in [1.54, 1.807) is 36.4 Å². The van der Waals surface area contributed by atoms with Crippen LogP contribution in [-0.4, -0.2) is 44.0 Å². The summed E-state index contributed by atoms with van der Waals surface area (Å²) in [5.74, 6) is -0.989. The van der Waals surface area contributed by atoms with Crippen molar-refractivity contribution in [3.8, 4) is 5.75 Å². The Morgan fingerprint density at radius 2 is 1.80 bits per heavy atom. The number of nitrogens with one attached hydrogen (secondary N) is 1. The van der Waals surface area contributed by atoms with Crippen molar-refractivity contribution in [2.24, 2.45) is 0 Å². The predicted molar refractivity (Wildman–Crippen MR) is 94.7 cm³/mol. The van der Waals surface area contributed by atoms with Crippen LogP contribution in [0.25, 0.3) is 10.8 Å². The van der Waals surface area contributed by atoms with E-state index in [0.717, 1.165) is 6.26 Å². The molecule has 0 heterocycles. The molecule has 0 aromatic heterocycles. The number of hydrogen-bond donors (Lipinski definition) is 2. The van der Waals surface area contributed by atoms with Crippen LogP contribution in [0.3, 0.4) is 0 Å². The first kappa shape index (κ1) is 18.7. The maximum Gasteiger partial charge on any atom is 0.341 e. The highest BCUT2D eigenvalue weighted by molar-refractivity contribution is 7.90. The molecule has 0 aliphatic rings. The topological polar surface area (TPSA) is 110 Å². The number of ether oxygens (including phenoxy) is 1. The highest BCUT2D eigenvalue weighted by Crippen LogP contribution is 2.31. The van der Waals surface area contributed by atoms with Gasteiger partial charge in [0, 0.05) is 29.1 Å². The molecule has 134 valence electrons. The highest BCUT2D eigenvalue weighted by Gasteiger charge is 2.11. The number of aliphatic carboxylic acids is 1. The number of fused-ring (bicyclic) bond motifs is 1. The third-order valence-electron chi connectivity index (χ3n) is 3.43. The van der Waals surface area contributed by atoms with Crippen molar-refractivity contribution >= 4 is 38.2 Å². The fourth-order valence-corrected chi connectivity index (χ4v) is 3.02. The summed E-state index contributed by atoms with van der Waals surface area (Å²) in [5.41, 5.74) is 0.558. The Morgan fingerprint density at radius 3 is 2.44 bits per heavy atom. The Morgan fingerprint density at radius 1 is 1.12 bits per heavy atom. The lowest BCUT2D eigenvalue weighted by Crippen LogP contribution is -2.14. The summed E-state index contributed by atoms with van der Waals surface area (Å²) in [4.78, 5) is 22.7. The average Bonchev–Trinajstić information content (AvgIpc) is 2.52. The van der Waals surface area contributed by atoms with Gasteiger partial charge in [-0.25, -0.2) is 13.2 Å². The van der Waals surface area contributed by atoms with Crippen LogP contribution in [0, 0.1) is 0 Å². The van der Waals surface area contributed by atoms with Crippen molar-refractivity contribution < 1.29 is 27.9 Å². The van der Waals surface area contributed by atoms with Gasteiger partial charge in [0.2, 0.25) is 5.91 Å². The van der Waals surface area contributed by atoms with E-state index in [4.69, 9.17) is 9.84 Å². The molecule has 0 aliphatic heterocycles. The molecule has 7 nitrogen and oxygen atoms in total. The summed E-state index contributed by atoms with van der Waals surface area (Å²) in [7, 11) is -3.09. The van der Waals surface area contributed by atoms with Crippen molar-refractivity contribution in [2.45, 2.75) is 12.8 Å². The largest absolute Gasteiger partial charge is 0.481 e. The average molecular weight is 365 g/mol. The van der Waals surface area contributed by atoms with Gasteiger partial charge in [-0.05, 0) is 18.6 Å². The van der Waals surface area contributed by atoms with Gasteiger partial charge in [0.05, 0.1) is 5.75 Å². The molecule has 0 radical (unpaired) electrons. The molecule has 0 saturated carbocycles. The molecule has 1 amide bonds. The maximum atomic E-state index is 12.0. The Labute approximate surface area is 145 Å². The zero-order valence-electron chi connectivity index (χ0n) is 13.7. The molecule has 0 bridgehead atoms. The summed E-state index contributed by atoms with van der Waals surface area (Å²) in [6, 6.07) is 10.4. The lowest BCUT2D eigenvalue weighted by atomic mass is 10.1. The van der Waals surface area contributed by atoms with Crippen molar-refractivity contribution in [3.63, 3.8) is 0 Å². The minimum Gasteiger partial charge on any atom is -0.481 e. The van der Waals surface area contributed by atoms with E-state index in [9.17, 15) is 18.0 Å². The molecular weight excluding hydrogens is 346 g/mol. The number of carboxylic acid groups (broad SMARTS) is 1. The molecule has 2 aromatic carbocycles. The van der Waals surface area contributed by atoms with E-state index in [-0.39, 0.29) is 24.5 Å². The van der Waals surface area contributed by atoms with Gasteiger partial charge in [0.1, 0.15) is 15.6 Å². The van der Waals surface area contributed by atoms with Crippen LogP contribution < -0.4 is 10.1 Å². The SMILES string of the molecule is CS(=O)(=O)CCCC(=O)Nc1ccc(OCC(=O)O)c2ccccc12. The fraction of sp³-hybridized carbons (Fsp3) is 0.294. The van der Waals surface area contributed by atoms with E-state index >= 15 is 0 Å². The number of carboxylic acids is 1. The smallest absolute Gasteiger partial charge is 0.341 e. The number of sulfone groups is 1. The maximum absolute atomic E-state index is 12.0. The number of carbonyl (C=O) groups excluding carboxylic acids is 1. The van der Waals surface area contributed by atoms with Gasteiger partial charge >= 0.3 is 5.97 Å². The first-order valence-corrected chi connectivity index (χ1v) is 9.66. The van der Waals surface area contributed by atoms with Crippen LogP contribution in [0.15, 0.2) is 36.4 Å². The normalized spacial score (nSPS) is 11.2. The quantitative estimate of drug-likeness (QED) is 0.741. The van der Waals surface area contributed by atoms with Crippen molar-refractivity contribution in [3.05, 3.63) is 36.4 Å². The molecule has 0 saturated heterocycles. The van der Waals surface area contributed by atoms with Gasteiger partial charge in [-0.15, -0.1) is 0 Å². The Bertz CT molecular complexity index is 891. The third-order valence-corrected chi connectivity index (χ3v) is 4.46. The van der Waals surface area contributed by atoms with Crippen LogP contribution in [0.1, 0.15) is 12.8 Å². The fourth-order valence-electron chi connectivity index (χ4n) is 2.35. The molecule has 8 heteroatoms. The zero-order chi connectivity index (χ0) is 18.4. The minimum absolute atomic E-state index is 0.0386. The molecule has 0 fully saturated rings. The zero-order valence-corrected chi connectivity index (χ0v) is 14.5. The van der Waals surface area contributed by atoms with E-state index < -0.39 is 22.4 Å². The summed E-state index contributed by atoms with van der Waals surface area (Å²) < 4.78 is 27.5. The Hall–Kier alpha value is -2.61. The van der Waals surface area contributed by atoms with Crippen LogP contribution in [-0.2, 0) is 19.4 Å². The van der Waals surface area contributed by atoms with E-state index in [1.807, 2.05) is 0 Å². The van der Waals surface area contributed by atoms with Gasteiger partial charge < -0.3 is 15.2 Å². The number of benzene rings is 2. The lowest BCUT2D eigenvalue weighted by molar-refractivity contribution is -0.139. The standard InChI is InChI=1S/C17H19NO6S/c1-25(22,23)10-4-7-16(19)18-14-8-9-15(24-11-17(20)21)13-6-3-2-5-12(13)14/h2-3,5-6,8-9H,4,7,10-11H2,1H3,(H,18,19)(H,20,21). The molecule has 0 unspecified atom stereocenters. The second-order valence-corrected chi connectivity index (χ2v) is 7.88. The predicted octanol–water partition coefficient (Wildman–Crippen LogP) is 2.07. The minimum atomic E-state index is -3.09. The van der Waals surface area contributed by atoms with Crippen LogP contribution in [0.2, 0.25) is 0 Å². The van der Waals surface area contributed by atoms with Gasteiger partial charge in [0.25, 0.3) is 0 Å². The van der Waals surface area contributed by atoms with Crippen LogP contribution >= 0.6 is 0 Å². The first-order valence-electron chi connectivity index (χ1n) is 7.60. The van der Waals surface area contributed by atoms with Crippen LogP contribution in [0.4, 0.5) is 5.69 Å². The van der Waals surface area contributed by atoms with E-state index in [0.29, 0.717) is 22.2 Å². The molecule has 25 heavy (non-hydrogen) atoms. The van der Waals surface area contributed by atoms with Crippen molar-refractivity contribution in [2.75, 3.05) is 23.9 Å². The first-order chi connectivity index (χ1) is 11.8. The van der Waals surface area contributed by atoms with Gasteiger partial charge in [-0.2, -0.15) is 0 Å². The second-order valence-electron chi connectivity index (χ2n) is 5.62. The Kier molecular flexibility index (Phi) is 5.97. The number of anilines is 1. The molecule has 0 atom stereocenters. The number of carbonyl (C=O) groups is 2. The molecule has 0 spiro atoms. The van der Waals surface area contributed by atoms with Crippen molar-refractivity contribution in [1.82, 2.24) is 0 Å². The highest BCUT2D eigenvalue weighted by atomic mass is 32.2. The second kappa shape index (κ2) is 7.98. The molecule has 2 rings (SSSR count). The number of hydrogen-bond acceptors (Lipinski definition) is 5. The van der Waals surface area contributed by atoms with E-state index in [1.165, 1.54) is 0 Å². The summed E-state index contributed by atoms with van der Waals surface area (Å²) >= 11 is 0. The molecule has 0 aliphatic carbocycles.